The molecule has 2 fully saturated rings. The summed E-state index contributed by atoms with van der Waals surface area (Å²) < 4.78 is 40.5. The van der Waals surface area contributed by atoms with Gasteiger partial charge in [-0.15, -0.1) is 22.7 Å². The molecule has 5 aromatic heterocycles. The molecule has 0 spiro atoms. The molecule has 5 aromatic rings. The van der Waals surface area contributed by atoms with Gasteiger partial charge >= 0.3 is 0 Å². The minimum absolute atomic E-state index is 0.100. The lowest BCUT2D eigenvalue weighted by Gasteiger charge is -2.35. The van der Waals surface area contributed by atoms with E-state index in [0.717, 1.165) is 74.4 Å². The third kappa shape index (κ3) is 5.50. The number of hydrogen-bond acceptors (Lipinski definition) is 12. The smallest absolute Gasteiger partial charge is 0.252 e. The van der Waals surface area contributed by atoms with Gasteiger partial charge in [0.25, 0.3) is 10.0 Å². The molecule has 11 nitrogen and oxygen atoms in total. The van der Waals surface area contributed by atoms with E-state index >= 15 is 0 Å². The van der Waals surface area contributed by atoms with E-state index < -0.39 is 10.0 Å². The molecule has 7 rings (SSSR count). The second-order valence-corrected chi connectivity index (χ2v) is 15.6. The van der Waals surface area contributed by atoms with Crippen LogP contribution in [0.2, 0.25) is 0 Å². The van der Waals surface area contributed by atoms with Crippen LogP contribution < -0.4 is 5.32 Å². The first-order valence-electron chi connectivity index (χ1n) is 14.4. The average Bonchev–Trinajstić information content (AvgIpc) is 3.28. The lowest BCUT2D eigenvalue weighted by atomic mass is 10.1. The van der Waals surface area contributed by atoms with Gasteiger partial charge in [0.05, 0.1) is 32.0 Å². The van der Waals surface area contributed by atoms with Gasteiger partial charge in [-0.3, -0.25) is 4.90 Å². The van der Waals surface area contributed by atoms with Gasteiger partial charge in [-0.25, -0.2) is 18.4 Å². The maximum absolute atomic E-state index is 13.4. The lowest BCUT2D eigenvalue weighted by Crippen LogP contribution is -2.50. The Labute approximate surface area is 257 Å². The predicted octanol–water partition coefficient (Wildman–Crippen LogP) is 5.67. The molecule has 0 aromatic carbocycles. The molecule has 0 radical (unpaired) electrons. The van der Waals surface area contributed by atoms with Crippen molar-refractivity contribution in [1.82, 2.24) is 29.5 Å². The highest BCUT2D eigenvalue weighted by Gasteiger charge is 2.32. The Morgan fingerprint density at radius 1 is 1.07 bits per heavy atom. The first-order valence-corrected chi connectivity index (χ1v) is 17.6. The largest absolute Gasteiger partial charge is 0.365 e. The predicted molar refractivity (Wildman–Crippen MR) is 167 cm³/mol. The van der Waals surface area contributed by atoms with Crippen molar-refractivity contribution in [2.75, 3.05) is 38.0 Å². The molecule has 1 atom stereocenters. The fourth-order valence-corrected chi connectivity index (χ4v) is 9.40. The SMILES string of the molecule is Cc1cc(-c2ccc(S(=O)(=O)N3CCN(CC(C)Nc4nc(C5CC5)nc5c(-c6c(C)noc6C)csc45)CC3)s2)on1. The second-order valence-electron chi connectivity index (χ2n) is 11.4. The van der Waals surface area contributed by atoms with E-state index in [-0.39, 0.29) is 6.04 Å². The molecule has 6 heterocycles. The monoisotopic (exact) mass is 639 g/mol. The molecule has 1 aliphatic heterocycles. The summed E-state index contributed by atoms with van der Waals surface area (Å²) in [5.74, 6) is 3.54. The highest BCUT2D eigenvalue weighted by atomic mass is 32.2. The molecule has 0 bridgehead atoms. The van der Waals surface area contributed by atoms with Gasteiger partial charge in [0.1, 0.15) is 21.6 Å². The number of piperazine rings is 1. The minimum atomic E-state index is -3.58. The number of thiophene rings is 2. The Bertz CT molecular complexity index is 1880. The van der Waals surface area contributed by atoms with Crippen molar-refractivity contribution in [1.29, 1.82) is 0 Å². The molecule has 0 amide bonds. The summed E-state index contributed by atoms with van der Waals surface area (Å²) in [5.41, 5.74) is 4.61. The summed E-state index contributed by atoms with van der Waals surface area (Å²) in [6.45, 7) is 10.9. The average molecular weight is 640 g/mol. The maximum atomic E-state index is 13.4. The number of anilines is 1. The normalized spacial score (nSPS) is 17.6. The van der Waals surface area contributed by atoms with E-state index in [1.165, 1.54) is 11.3 Å². The van der Waals surface area contributed by atoms with Gasteiger partial charge in [0, 0.05) is 61.7 Å². The topological polar surface area (TPSA) is 130 Å². The third-order valence-corrected chi connectivity index (χ3v) is 12.4. The molecular weight excluding hydrogens is 607 g/mol. The molecule has 1 saturated heterocycles. The van der Waals surface area contributed by atoms with Crippen LogP contribution in [0.4, 0.5) is 5.82 Å². The van der Waals surface area contributed by atoms with Crippen LogP contribution in [0.5, 0.6) is 0 Å². The van der Waals surface area contributed by atoms with Crippen LogP contribution >= 0.6 is 22.7 Å². The lowest BCUT2D eigenvalue weighted by molar-refractivity contribution is 0.184. The van der Waals surface area contributed by atoms with Crippen molar-refractivity contribution in [3.63, 3.8) is 0 Å². The van der Waals surface area contributed by atoms with Gasteiger partial charge in [0.15, 0.2) is 5.76 Å². The number of fused-ring (bicyclic) bond motifs is 1. The zero-order valence-electron chi connectivity index (χ0n) is 24.5. The van der Waals surface area contributed by atoms with E-state index in [1.807, 2.05) is 26.8 Å². The summed E-state index contributed by atoms with van der Waals surface area (Å²) in [6.07, 6.45) is 2.23. The zero-order valence-corrected chi connectivity index (χ0v) is 26.9. The molecule has 1 N–H and O–H groups in total. The highest BCUT2D eigenvalue weighted by molar-refractivity contribution is 7.91. The fourth-order valence-electron chi connectivity index (χ4n) is 5.62. The van der Waals surface area contributed by atoms with E-state index in [9.17, 15) is 8.42 Å². The van der Waals surface area contributed by atoms with Gasteiger partial charge < -0.3 is 14.4 Å². The molecule has 1 unspecified atom stereocenters. The maximum Gasteiger partial charge on any atom is 0.252 e. The highest BCUT2D eigenvalue weighted by Crippen LogP contribution is 2.43. The summed E-state index contributed by atoms with van der Waals surface area (Å²) in [6, 6.07) is 5.35. The minimum Gasteiger partial charge on any atom is -0.365 e. The Kier molecular flexibility index (Phi) is 7.37. The number of aryl methyl sites for hydroxylation is 3. The zero-order chi connectivity index (χ0) is 29.9. The van der Waals surface area contributed by atoms with Crippen molar-refractivity contribution in [2.45, 2.75) is 56.7 Å². The van der Waals surface area contributed by atoms with Gasteiger partial charge in [0.2, 0.25) is 0 Å². The van der Waals surface area contributed by atoms with Gasteiger partial charge in [-0.1, -0.05) is 10.3 Å². The first-order chi connectivity index (χ1) is 20.7. The van der Waals surface area contributed by atoms with Crippen molar-refractivity contribution >= 4 is 48.7 Å². The molecule has 14 heteroatoms. The van der Waals surface area contributed by atoms with Crippen LogP contribution in [-0.4, -0.2) is 76.7 Å². The Morgan fingerprint density at radius 2 is 1.86 bits per heavy atom. The number of hydrogen-bond donors (Lipinski definition) is 1. The van der Waals surface area contributed by atoms with E-state index in [2.05, 4.69) is 32.8 Å². The Hall–Kier alpha value is -3.17. The molecular formula is C29H33N7O4S3. The molecule has 1 aliphatic carbocycles. The van der Waals surface area contributed by atoms with Crippen LogP contribution in [0.1, 0.15) is 48.7 Å². The van der Waals surface area contributed by atoms with Crippen LogP contribution in [0.3, 0.4) is 0 Å². The summed E-state index contributed by atoms with van der Waals surface area (Å²) in [5, 5.41) is 13.9. The van der Waals surface area contributed by atoms with Crippen molar-refractivity contribution in [3.05, 3.63) is 46.6 Å². The number of aromatic nitrogens is 4. The summed E-state index contributed by atoms with van der Waals surface area (Å²) >= 11 is 2.85. The van der Waals surface area contributed by atoms with E-state index in [1.54, 1.807) is 27.8 Å². The first kappa shape index (κ1) is 28.6. The fraction of sp³-hybridized carbons (Fsp3) is 0.448. The number of sulfonamides is 1. The second kappa shape index (κ2) is 11.1. The molecule has 1 saturated carbocycles. The number of nitrogens with zero attached hydrogens (tertiary/aromatic N) is 6. The molecule has 43 heavy (non-hydrogen) atoms. The van der Waals surface area contributed by atoms with Crippen LogP contribution in [-0.2, 0) is 10.0 Å². The van der Waals surface area contributed by atoms with E-state index in [0.29, 0.717) is 42.1 Å². The third-order valence-electron chi connectivity index (χ3n) is 7.97. The number of nitrogens with one attached hydrogen (secondary N) is 1. The van der Waals surface area contributed by atoms with Crippen LogP contribution in [0, 0.1) is 20.8 Å². The Balaban J connectivity index is 1.03. The van der Waals surface area contributed by atoms with Crippen LogP contribution in [0.15, 0.2) is 36.8 Å². The summed E-state index contributed by atoms with van der Waals surface area (Å²) in [7, 11) is -3.58. The van der Waals surface area contributed by atoms with Gasteiger partial charge in [-0.2, -0.15) is 4.31 Å². The Morgan fingerprint density at radius 3 is 2.53 bits per heavy atom. The van der Waals surface area contributed by atoms with Crippen molar-refractivity contribution in [2.24, 2.45) is 0 Å². The van der Waals surface area contributed by atoms with Gasteiger partial charge in [-0.05, 0) is 52.7 Å². The standard InChI is InChI=1S/C29H33N7O4S3/c1-16-13-22(40-33-16)23-7-8-24(42-23)43(37,38)36-11-9-35(10-12-36)14-17(2)30-29-27-26(31-28(32-29)20-5-6-20)21(15-41-27)25-18(3)34-39-19(25)4/h7-8,13,15,17,20H,5-6,9-12,14H2,1-4H3,(H,30,31,32). The van der Waals surface area contributed by atoms with Crippen LogP contribution in [0.25, 0.3) is 32.0 Å². The van der Waals surface area contributed by atoms with Crippen molar-refractivity contribution in [3.8, 4) is 21.8 Å². The molecule has 2 aliphatic rings. The quantitative estimate of drug-likeness (QED) is 0.215. The van der Waals surface area contributed by atoms with Crippen molar-refractivity contribution < 1.29 is 17.5 Å². The molecule has 226 valence electrons. The van der Waals surface area contributed by atoms with E-state index in [4.69, 9.17) is 19.0 Å². The summed E-state index contributed by atoms with van der Waals surface area (Å²) in [4.78, 5) is 13.0. The number of rotatable bonds is 9.